The van der Waals surface area contributed by atoms with Gasteiger partial charge in [0.25, 0.3) is 5.91 Å². The number of hydrogen-bond donors (Lipinski definition) is 1. The van der Waals surface area contributed by atoms with Crippen LogP contribution in [0.3, 0.4) is 0 Å². The van der Waals surface area contributed by atoms with Gasteiger partial charge < -0.3 is 14.2 Å². The number of morpholine rings is 1. The van der Waals surface area contributed by atoms with Crippen LogP contribution in [0.5, 0.6) is 11.5 Å². The summed E-state index contributed by atoms with van der Waals surface area (Å²) in [4.78, 5) is 17.3. The Morgan fingerprint density at radius 2 is 1.85 bits per heavy atom. The van der Waals surface area contributed by atoms with Gasteiger partial charge in [-0.1, -0.05) is 6.07 Å². The first-order valence-electron chi connectivity index (χ1n) is 10.1. The SMILES string of the molecule is COc1ccc(-c2csc(NC(=O)c3cccc(S(=O)(=O)N4CCOCC4)c3)n2)cc1OC. The largest absolute Gasteiger partial charge is 0.493 e. The van der Waals surface area contributed by atoms with Crippen LogP contribution in [0.25, 0.3) is 11.3 Å². The number of ether oxygens (including phenoxy) is 3. The van der Waals surface area contributed by atoms with Crippen molar-refractivity contribution < 1.29 is 27.4 Å². The number of nitrogens with one attached hydrogen (secondary N) is 1. The second kappa shape index (κ2) is 9.87. The standard InChI is InChI=1S/C22H23N3O6S2/c1-29-19-7-6-15(13-20(19)30-2)18-14-32-22(23-18)24-21(26)16-4-3-5-17(12-16)33(27,28)25-8-10-31-11-9-25/h3-7,12-14H,8-11H2,1-2H3,(H,23,24,26). The van der Waals surface area contributed by atoms with Crippen LogP contribution in [0.4, 0.5) is 5.13 Å². The fourth-order valence-corrected chi connectivity index (χ4v) is 5.53. The van der Waals surface area contributed by atoms with Crippen molar-refractivity contribution in [2.24, 2.45) is 0 Å². The van der Waals surface area contributed by atoms with Crippen LogP contribution in [-0.2, 0) is 14.8 Å². The summed E-state index contributed by atoms with van der Waals surface area (Å²) >= 11 is 1.27. The summed E-state index contributed by atoms with van der Waals surface area (Å²) in [5.41, 5.74) is 1.70. The summed E-state index contributed by atoms with van der Waals surface area (Å²) in [5, 5.41) is 4.95. The lowest BCUT2D eigenvalue weighted by Crippen LogP contribution is -2.40. The lowest BCUT2D eigenvalue weighted by molar-refractivity contribution is 0.0730. The highest BCUT2D eigenvalue weighted by atomic mass is 32.2. The molecule has 174 valence electrons. The van der Waals surface area contributed by atoms with Gasteiger partial charge in [-0.15, -0.1) is 11.3 Å². The second-order valence-electron chi connectivity index (χ2n) is 7.11. The summed E-state index contributed by atoms with van der Waals surface area (Å²) < 4.78 is 43.0. The quantitative estimate of drug-likeness (QED) is 0.543. The summed E-state index contributed by atoms with van der Waals surface area (Å²) in [6.45, 7) is 1.28. The molecule has 0 spiro atoms. The molecule has 0 aliphatic carbocycles. The zero-order valence-electron chi connectivity index (χ0n) is 18.1. The predicted octanol–water partition coefficient (Wildman–Crippen LogP) is 3.10. The summed E-state index contributed by atoms with van der Waals surface area (Å²) in [6.07, 6.45) is 0. The van der Waals surface area contributed by atoms with Crippen LogP contribution in [0.1, 0.15) is 10.4 Å². The van der Waals surface area contributed by atoms with E-state index in [4.69, 9.17) is 14.2 Å². The van der Waals surface area contributed by atoms with E-state index in [1.165, 1.54) is 27.8 Å². The maximum atomic E-state index is 12.9. The Hall–Kier alpha value is -2.99. The maximum absolute atomic E-state index is 12.9. The molecule has 0 unspecified atom stereocenters. The van der Waals surface area contributed by atoms with Crippen LogP contribution in [0.15, 0.2) is 52.7 Å². The van der Waals surface area contributed by atoms with Gasteiger partial charge in [-0.2, -0.15) is 4.31 Å². The number of sulfonamides is 1. The second-order valence-corrected chi connectivity index (χ2v) is 9.90. The fraction of sp³-hybridized carbons (Fsp3) is 0.273. The van der Waals surface area contributed by atoms with E-state index in [1.807, 2.05) is 11.4 Å². The number of thiazole rings is 1. The van der Waals surface area contributed by atoms with Crippen LogP contribution in [0.2, 0.25) is 0 Å². The van der Waals surface area contributed by atoms with Gasteiger partial charge in [-0.25, -0.2) is 13.4 Å². The number of aromatic nitrogens is 1. The van der Waals surface area contributed by atoms with E-state index in [0.717, 1.165) is 5.56 Å². The zero-order valence-corrected chi connectivity index (χ0v) is 19.7. The van der Waals surface area contributed by atoms with Gasteiger partial charge in [0, 0.05) is 29.6 Å². The van der Waals surface area contributed by atoms with Crippen molar-refractivity contribution in [3.8, 4) is 22.8 Å². The molecule has 0 radical (unpaired) electrons. The lowest BCUT2D eigenvalue weighted by atomic mass is 10.1. The molecule has 1 N–H and O–H groups in total. The van der Waals surface area contributed by atoms with Gasteiger partial charge in [0.1, 0.15) is 0 Å². The molecule has 2 aromatic carbocycles. The average molecular weight is 490 g/mol. The number of nitrogens with zero attached hydrogens (tertiary/aromatic N) is 2. The third-order valence-corrected chi connectivity index (χ3v) is 7.76. The van der Waals surface area contributed by atoms with Crippen molar-refractivity contribution in [2.45, 2.75) is 4.90 Å². The molecule has 1 saturated heterocycles. The zero-order chi connectivity index (χ0) is 23.4. The first-order chi connectivity index (χ1) is 15.9. The Bertz CT molecular complexity index is 1250. The third-order valence-electron chi connectivity index (χ3n) is 5.11. The molecule has 3 aromatic rings. The molecule has 4 rings (SSSR count). The van der Waals surface area contributed by atoms with Gasteiger partial charge in [-0.3, -0.25) is 10.1 Å². The molecule has 1 amide bonds. The Morgan fingerprint density at radius 1 is 1.09 bits per heavy atom. The number of carbonyl (C=O) groups is 1. The van der Waals surface area contributed by atoms with Crippen LogP contribution in [-0.4, -0.2) is 64.1 Å². The van der Waals surface area contributed by atoms with Crippen molar-refractivity contribution >= 4 is 32.4 Å². The van der Waals surface area contributed by atoms with Gasteiger partial charge >= 0.3 is 0 Å². The van der Waals surface area contributed by atoms with E-state index in [9.17, 15) is 13.2 Å². The Balaban J connectivity index is 1.51. The molecule has 1 fully saturated rings. The first kappa shape index (κ1) is 23.2. The Morgan fingerprint density at radius 3 is 2.58 bits per heavy atom. The third kappa shape index (κ3) is 5.01. The van der Waals surface area contributed by atoms with Crippen LogP contribution < -0.4 is 14.8 Å². The van der Waals surface area contributed by atoms with Crippen LogP contribution >= 0.6 is 11.3 Å². The number of methoxy groups -OCH3 is 2. The maximum Gasteiger partial charge on any atom is 0.257 e. The van der Waals surface area contributed by atoms with Crippen molar-refractivity contribution in [1.29, 1.82) is 0 Å². The smallest absolute Gasteiger partial charge is 0.257 e. The molecule has 1 aliphatic heterocycles. The topological polar surface area (TPSA) is 107 Å². The minimum atomic E-state index is -3.70. The summed E-state index contributed by atoms with van der Waals surface area (Å²) in [7, 11) is -0.575. The lowest BCUT2D eigenvalue weighted by Gasteiger charge is -2.26. The van der Waals surface area contributed by atoms with Crippen molar-refractivity contribution in [1.82, 2.24) is 9.29 Å². The van der Waals surface area contributed by atoms with Crippen molar-refractivity contribution in [2.75, 3.05) is 45.8 Å². The predicted molar refractivity (Wildman–Crippen MR) is 125 cm³/mol. The number of benzene rings is 2. The summed E-state index contributed by atoms with van der Waals surface area (Å²) in [6, 6.07) is 11.4. The molecule has 9 nitrogen and oxygen atoms in total. The number of hydrogen-bond acceptors (Lipinski definition) is 8. The van der Waals surface area contributed by atoms with Crippen LogP contribution in [0, 0.1) is 0 Å². The molecule has 11 heteroatoms. The highest BCUT2D eigenvalue weighted by molar-refractivity contribution is 7.89. The van der Waals surface area contributed by atoms with Gasteiger partial charge in [-0.05, 0) is 36.4 Å². The van der Waals surface area contributed by atoms with E-state index in [0.29, 0.717) is 35.5 Å². The fourth-order valence-electron chi connectivity index (χ4n) is 3.36. The van der Waals surface area contributed by atoms with E-state index in [-0.39, 0.29) is 23.5 Å². The minimum Gasteiger partial charge on any atom is -0.493 e. The average Bonchev–Trinajstić information content (AvgIpc) is 3.32. The van der Waals surface area contributed by atoms with Crippen molar-refractivity contribution in [3.63, 3.8) is 0 Å². The highest BCUT2D eigenvalue weighted by Crippen LogP contribution is 2.33. The number of carbonyl (C=O) groups excluding carboxylic acids is 1. The number of amides is 1. The summed E-state index contributed by atoms with van der Waals surface area (Å²) in [5.74, 6) is 0.742. The molecule has 1 aliphatic rings. The molecule has 0 saturated carbocycles. The van der Waals surface area contributed by atoms with Gasteiger partial charge in [0.15, 0.2) is 16.6 Å². The van der Waals surface area contributed by atoms with Gasteiger partial charge in [0.05, 0.1) is 38.0 Å². The molecular weight excluding hydrogens is 466 g/mol. The molecule has 0 atom stereocenters. The van der Waals surface area contributed by atoms with E-state index in [2.05, 4.69) is 10.3 Å². The minimum absolute atomic E-state index is 0.0715. The molecule has 33 heavy (non-hydrogen) atoms. The molecular formula is C22H23N3O6S2. The Labute approximate surface area is 196 Å². The van der Waals surface area contributed by atoms with Crippen molar-refractivity contribution in [3.05, 3.63) is 53.4 Å². The molecule has 2 heterocycles. The number of anilines is 1. The van der Waals surface area contributed by atoms with E-state index < -0.39 is 15.9 Å². The molecule has 1 aromatic heterocycles. The highest BCUT2D eigenvalue weighted by Gasteiger charge is 2.27. The Kier molecular flexibility index (Phi) is 6.94. The van der Waals surface area contributed by atoms with E-state index >= 15 is 0 Å². The molecule has 0 bridgehead atoms. The van der Waals surface area contributed by atoms with E-state index in [1.54, 1.807) is 38.5 Å². The number of rotatable bonds is 7. The van der Waals surface area contributed by atoms with Gasteiger partial charge in [0.2, 0.25) is 10.0 Å². The normalized spacial score (nSPS) is 14.6. The monoisotopic (exact) mass is 489 g/mol. The first-order valence-corrected chi connectivity index (χ1v) is 12.4.